The van der Waals surface area contributed by atoms with Crippen LogP contribution in [0, 0.1) is 5.92 Å². The summed E-state index contributed by atoms with van der Waals surface area (Å²) in [6, 6.07) is 9.03. The molecule has 0 heteroatoms. The molecule has 1 aliphatic carbocycles. The second-order valence-electron chi connectivity index (χ2n) is 9.91. The molecular formula is C27H44. The Labute approximate surface area is 169 Å². The first-order chi connectivity index (χ1) is 12.9. The Morgan fingerprint density at radius 1 is 0.889 bits per heavy atom. The highest BCUT2D eigenvalue weighted by Crippen LogP contribution is 2.53. The number of benzene rings is 1. The van der Waals surface area contributed by atoms with Crippen LogP contribution < -0.4 is 0 Å². The van der Waals surface area contributed by atoms with Gasteiger partial charge in [-0.15, -0.1) is 0 Å². The van der Waals surface area contributed by atoms with Crippen LogP contribution in [0.1, 0.15) is 122 Å². The fraction of sp³-hybridized carbons (Fsp3) is 0.704. The predicted molar refractivity (Wildman–Crippen MR) is 122 cm³/mol. The molecule has 0 bridgehead atoms. The normalized spacial score (nSPS) is 17.6. The van der Waals surface area contributed by atoms with E-state index in [-0.39, 0.29) is 0 Å². The average Bonchev–Trinajstić information content (AvgIpc) is 2.63. The first kappa shape index (κ1) is 22.3. The van der Waals surface area contributed by atoms with Crippen LogP contribution in [0.5, 0.6) is 0 Å². The van der Waals surface area contributed by atoms with E-state index in [2.05, 4.69) is 58.5 Å². The molecular weight excluding hydrogens is 324 g/mol. The third-order valence-electron chi connectivity index (χ3n) is 6.74. The van der Waals surface area contributed by atoms with Gasteiger partial charge < -0.3 is 0 Å². The Balaban J connectivity index is 1.48. The SMILES string of the molecule is C=C(CCCCCCCCCC(C)C)CCCC1c2ccccc2C1(C)C. The highest BCUT2D eigenvalue weighted by Gasteiger charge is 2.43. The van der Waals surface area contributed by atoms with E-state index in [1.807, 2.05) is 0 Å². The Kier molecular flexibility index (Phi) is 9.13. The summed E-state index contributed by atoms with van der Waals surface area (Å²) in [4.78, 5) is 0. The van der Waals surface area contributed by atoms with Crippen molar-refractivity contribution >= 4 is 0 Å². The van der Waals surface area contributed by atoms with Crippen molar-refractivity contribution in [2.24, 2.45) is 5.92 Å². The molecule has 1 aromatic rings. The molecule has 1 atom stereocenters. The van der Waals surface area contributed by atoms with E-state index < -0.39 is 0 Å². The van der Waals surface area contributed by atoms with Crippen molar-refractivity contribution in [3.8, 4) is 0 Å². The Hall–Kier alpha value is -1.04. The minimum Gasteiger partial charge on any atom is -0.0999 e. The third-order valence-corrected chi connectivity index (χ3v) is 6.74. The number of allylic oxidation sites excluding steroid dienone is 1. The summed E-state index contributed by atoms with van der Waals surface area (Å²) in [6.07, 6.45) is 16.4. The molecule has 0 nitrogen and oxygen atoms in total. The lowest BCUT2D eigenvalue weighted by molar-refractivity contribution is 0.323. The predicted octanol–water partition coefficient (Wildman–Crippen LogP) is 8.95. The lowest BCUT2D eigenvalue weighted by atomic mass is 9.57. The molecule has 0 aromatic heterocycles. The first-order valence-electron chi connectivity index (χ1n) is 11.7. The first-order valence-corrected chi connectivity index (χ1v) is 11.7. The van der Waals surface area contributed by atoms with Gasteiger partial charge in [0.25, 0.3) is 0 Å². The van der Waals surface area contributed by atoms with Gasteiger partial charge in [0.2, 0.25) is 0 Å². The Morgan fingerprint density at radius 3 is 2.19 bits per heavy atom. The molecule has 27 heavy (non-hydrogen) atoms. The van der Waals surface area contributed by atoms with Crippen molar-refractivity contribution in [3.05, 3.63) is 47.5 Å². The van der Waals surface area contributed by atoms with Crippen molar-refractivity contribution in [2.45, 2.75) is 116 Å². The van der Waals surface area contributed by atoms with E-state index in [1.54, 1.807) is 11.1 Å². The van der Waals surface area contributed by atoms with Gasteiger partial charge in [-0.2, -0.15) is 0 Å². The highest BCUT2D eigenvalue weighted by molar-refractivity contribution is 5.48. The molecule has 0 saturated carbocycles. The third kappa shape index (κ3) is 6.81. The molecule has 0 aliphatic heterocycles. The molecule has 0 N–H and O–H groups in total. The van der Waals surface area contributed by atoms with E-state index in [0.717, 1.165) is 11.8 Å². The van der Waals surface area contributed by atoms with E-state index >= 15 is 0 Å². The molecule has 2 rings (SSSR count). The van der Waals surface area contributed by atoms with E-state index in [4.69, 9.17) is 0 Å². The molecule has 0 heterocycles. The summed E-state index contributed by atoms with van der Waals surface area (Å²) >= 11 is 0. The summed E-state index contributed by atoms with van der Waals surface area (Å²) in [5, 5.41) is 0. The van der Waals surface area contributed by atoms with Crippen LogP contribution in [0.3, 0.4) is 0 Å². The smallest absolute Gasteiger partial charge is 0.00320 e. The minimum atomic E-state index is 0.368. The van der Waals surface area contributed by atoms with Crippen LogP contribution in [0.4, 0.5) is 0 Å². The van der Waals surface area contributed by atoms with Crippen molar-refractivity contribution in [1.82, 2.24) is 0 Å². The van der Waals surface area contributed by atoms with Gasteiger partial charge in [-0.25, -0.2) is 0 Å². The molecule has 0 amide bonds. The fourth-order valence-corrected chi connectivity index (χ4v) is 4.90. The Morgan fingerprint density at radius 2 is 1.48 bits per heavy atom. The maximum atomic E-state index is 4.35. The van der Waals surface area contributed by atoms with Gasteiger partial charge in [-0.3, -0.25) is 0 Å². The zero-order chi connectivity index (χ0) is 19.7. The van der Waals surface area contributed by atoms with E-state index in [0.29, 0.717) is 5.41 Å². The number of hydrogen-bond acceptors (Lipinski definition) is 0. The lowest BCUT2D eigenvalue weighted by Crippen LogP contribution is -2.38. The molecule has 0 spiro atoms. The largest absolute Gasteiger partial charge is 0.0999 e. The monoisotopic (exact) mass is 368 g/mol. The number of fused-ring (bicyclic) bond motifs is 1. The van der Waals surface area contributed by atoms with Crippen molar-refractivity contribution < 1.29 is 0 Å². The van der Waals surface area contributed by atoms with Gasteiger partial charge in [0.1, 0.15) is 0 Å². The van der Waals surface area contributed by atoms with E-state index in [1.165, 1.54) is 82.6 Å². The molecule has 1 unspecified atom stereocenters. The maximum Gasteiger partial charge on any atom is -0.00320 e. The van der Waals surface area contributed by atoms with Gasteiger partial charge in [-0.1, -0.05) is 109 Å². The summed E-state index contributed by atoms with van der Waals surface area (Å²) in [5.41, 5.74) is 5.02. The number of rotatable bonds is 14. The number of hydrogen-bond donors (Lipinski definition) is 0. The van der Waals surface area contributed by atoms with E-state index in [9.17, 15) is 0 Å². The standard InChI is InChI=1S/C27H44/c1-22(2)16-11-9-7-6-8-10-12-17-23(3)18-15-21-26-24-19-13-14-20-25(24)27(26,4)5/h13-14,19-20,22,26H,3,6-12,15-18,21H2,1-2,4-5H3. The van der Waals surface area contributed by atoms with Crippen LogP contribution in [0.15, 0.2) is 36.4 Å². The maximum absolute atomic E-state index is 4.35. The summed E-state index contributed by atoms with van der Waals surface area (Å²) in [5.74, 6) is 1.62. The van der Waals surface area contributed by atoms with Crippen LogP contribution in [-0.4, -0.2) is 0 Å². The van der Waals surface area contributed by atoms with Crippen molar-refractivity contribution in [3.63, 3.8) is 0 Å². The van der Waals surface area contributed by atoms with Crippen molar-refractivity contribution in [2.75, 3.05) is 0 Å². The zero-order valence-corrected chi connectivity index (χ0v) is 18.7. The number of unbranched alkanes of at least 4 members (excludes halogenated alkanes) is 6. The summed E-state index contributed by atoms with van der Waals surface area (Å²) in [7, 11) is 0. The average molecular weight is 369 g/mol. The molecule has 1 aromatic carbocycles. The van der Waals surface area contributed by atoms with Gasteiger partial charge in [0.15, 0.2) is 0 Å². The zero-order valence-electron chi connectivity index (χ0n) is 18.7. The topological polar surface area (TPSA) is 0 Å². The summed E-state index contributed by atoms with van der Waals surface area (Å²) in [6.45, 7) is 13.8. The molecule has 1 aliphatic rings. The Bertz CT molecular complexity index is 563. The van der Waals surface area contributed by atoms with Crippen LogP contribution >= 0.6 is 0 Å². The van der Waals surface area contributed by atoms with Crippen LogP contribution in [0.25, 0.3) is 0 Å². The second-order valence-corrected chi connectivity index (χ2v) is 9.91. The van der Waals surface area contributed by atoms with Crippen LogP contribution in [0.2, 0.25) is 0 Å². The minimum absolute atomic E-state index is 0.368. The quantitative estimate of drug-likeness (QED) is 0.227. The summed E-state index contributed by atoms with van der Waals surface area (Å²) < 4.78 is 0. The second kappa shape index (κ2) is 11.1. The van der Waals surface area contributed by atoms with Gasteiger partial charge in [0.05, 0.1) is 0 Å². The lowest BCUT2D eigenvalue weighted by Gasteiger charge is -2.47. The van der Waals surface area contributed by atoms with Gasteiger partial charge in [-0.05, 0) is 60.5 Å². The molecule has 152 valence electrons. The fourth-order valence-electron chi connectivity index (χ4n) is 4.90. The molecule has 0 saturated heterocycles. The van der Waals surface area contributed by atoms with Gasteiger partial charge in [0, 0.05) is 0 Å². The van der Waals surface area contributed by atoms with Crippen LogP contribution in [-0.2, 0) is 5.41 Å². The molecule has 0 radical (unpaired) electrons. The highest BCUT2D eigenvalue weighted by atomic mass is 14.5. The van der Waals surface area contributed by atoms with Crippen molar-refractivity contribution in [1.29, 1.82) is 0 Å². The van der Waals surface area contributed by atoms with Gasteiger partial charge >= 0.3 is 0 Å². The molecule has 0 fully saturated rings.